The molecule has 1 heterocycles. The molecule has 5 nitrogen and oxygen atoms in total. The van der Waals surface area contributed by atoms with Crippen LogP contribution in [0.5, 0.6) is 5.75 Å². The number of allylic oxidation sites excluding steroid dienone is 1. The Labute approximate surface area is 156 Å². The molecule has 1 aromatic carbocycles. The lowest BCUT2D eigenvalue weighted by atomic mass is 10.1. The third-order valence-electron chi connectivity index (χ3n) is 4.70. The molecular formula is C19H21ClFNO4. The van der Waals surface area contributed by atoms with Gasteiger partial charge in [0.2, 0.25) is 5.78 Å². The Bertz CT molecular complexity index is 754. The molecule has 1 saturated heterocycles. The number of rotatable bonds is 5. The molecule has 1 aliphatic heterocycles. The Morgan fingerprint density at radius 2 is 2.04 bits per heavy atom. The molecule has 1 atom stereocenters. The highest BCUT2D eigenvalue weighted by Gasteiger charge is 2.39. The van der Waals surface area contributed by atoms with Gasteiger partial charge in [-0.15, -0.1) is 0 Å². The van der Waals surface area contributed by atoms with Gasteiger partial charge in [0.15, 0.2) is 19.1 Å². The van der Waals surface area contributed by atoms with Gasteiger partial charge in [-0.25, -0.2) is 4.39 Å². The summed E-state index contributed by atoms with van der Waals surface area (Å²) in [5.74, 6) is -0.546. The second-order valence-electron chi connectivity index (χ2n) is 6.79. The lowest BCUT2D eigenvalue weighted by Gasteiger charge is -2.24. The first kappa shape index (κ1) is 18.7. The Balaban J connectivity index is 1.97. The highest BCUT2D eigenvalue weighted by molar-refractivity contribution is 6.32. The summed E-state index contributed by atoms with van der Waals surface area (Å²) in [7, 11) is 0. The van der Waals surface area contributed by atoms with E-state index in [1.165, 1.54) is 17.0 Å². The summed E-state index contributed by atoms with van der Waals surface area (Å²) in [6.45, 7) is 3.51. The van der Waals surface area contributed by atoms with Gasteiger partial charge in [-0.3, -0.25) is 9.59 Å². The third kappa shape index (κ3) is 3.56. The summed E-state index contributed by atoms with van der Waals surface area (Å²) in [4.78, 5) is 24.7. The maximum absolute atomic E-state index is 14.6. The monoisotopic (exact) mass is 381 g/mol. The van der Waals surface area contributed by atoms with Gasteiger partial charge in [-0.2, -0.15) is 0 Å². The molecule has 2 fully saturated rings. The third-order valence-corrected chi connectivity index (χ3v) is 5.00. The van der Waals surface area contributed by atoms with Crippen molar-refractivity contribution in [3.05, 3.63) is 34.3 Å². The van der Waals surface area contributed by atoms with Crippen LogP contribution in [-0.2, 0) is 14.3 Å². The number of nitrogens with zero attached hydrogens (tertiary/aromatic N) is 1. The van der Waals surface area contributed by atoms with Crippen molar-refractivity contribution in [1.29, 1.82) is 0 Å². The molecule has 0 spiro atoms. The summed E-state index contributed by atoms with van der Waals surface area (Å²) < 4.78 is 26.1. The van der Waals surface area contributed by atoms with Crippen LogP contribution < -0.4 is 9.64 Å². The minimum atomic E-state index is -0.979. The van der Waals surface area contributed by atoms with Crippen molar-refractivity contribution >= 4 is 29.4 Å². The quantitative estimate of drug-likeness (QED) is 0.569. The SMILES string of the molecule is CC(C)=C1OCN(c2cc(OC3CCCC3)c(Cl)cc2F)C1C(=O)C=O. The highest BCUT2D eigenvalue weighted by Crippen LogP contribution is 2.38. The topological polar surface area (TPSA) is 55.8 Å². The Morgan fingerprint density at radius 1 is 1.35 bits per heavy atom. The maximum Gasteiger partial charge on any atom is 0.225 e. The van der Waals surface area contributed by atoms with E-state index in [2.05, 4.69) is 0 Å². The van der Waals surface area contributed by atoms with Crippen molar-refractivity contribution in [2.45, 2.75) is 51.7 Å². The molecule has 140 valence electrons. The van der Waals surface area contributed by atoms with Crippen LogP contribution in [0.4, 0.5) is 10.1 Å². The summed E-state index contributed by atoms with van der Waals surface area (Å²) in [6.07, 6.45) is 4.35. The van der Waals surface area contributed by atoms with E-state index in [1.807, 2.05) is 0 Å². The average molecular weight is 382 g/mol. The van der Waals surface area contributed by atoms with E-state index >= 15 is 0 Å². The van der Waals surface area contributed by atoms with Crippen molar-refractivity contribution < 1.29 is 23.5 Å². The molecule has 0 amide bonds. The van der Waals surface area contributed by atoms with Gasteiger partial charge >= 0.3 is 0 Å². The number of anilines is 1. The summed E-state index contributed by atoms with van der Waals surface area (Å²) in [5, 5.41) is 0.180. The fourth-order valence-corrected chi connectivity index (χ4v) is 3.62. The highest BCUT2D eigenvalue weighted by atomic mass is 35.5. The van der Waals surface area contributed by atoms with E-state index < -0.39 is 17.6 Å². The zero-order valence-corrected chi connectivity index (χ0v) is 15.5. The van der Waals surface area contributed by atoms with Crippen LogP contribution in [0.2, 0.25) is 5.02 Å². The molecule has 1 unspecified atom stereocenters. The standard InChI is InChI=1S/C19H21ClFNO4/c1-11(2)19-18(16(24)9-23)22(10-25-19)15-8-17(13(20)7-14(15)21)26-12-5-3-4-6-12/h7-9,12,18H,3-6,10H2,1-2H3. The van der Waals surface area contributed by atoms with Crippen LogP contribution in [0.1, 0.15) is 39.5 Å². The number of aldehydes is 1. The molecule has 1 saturated carbocycles. The van der Waals surface area contributed by atoms with Gasteiger partial charge in [0.05, 0.1) is 16.8 Å². The normalized spacial score (nSPS) is 20.2. The average Bonchev–Trinajstić information content (AvgIpc) is 3.26. The van der Waals surface area contributed by atoms with Crippen molar-refractivity contribution in [1.82, 2.24) is 0 Å². The lowest BCUT2D eigenvalue weighted by molar-refractivity contribution is -0.130. The van der Waals surface area contributed by atoms with Crippen LogP contribution in [0, 0.1) is 5.82 Å². The number of hydrogen-bond acceptors (Lipinski definition) is 5. The van der Waals surface area contributed by atoms with Crippen molar-refractivity contribution in [2.75, 3.05) is 11.6 Å². The predicted molar refractivity (Wildman–Crippen MR) is 96.0 cm³/mol. The van der Waals surface area contributed by atoms with Crippen LogP contribution in [-0.4, -0.2) is 30.9 Å². The molecule has 2 aliphatic rings. The Kier molecular flexibility index (Phi) is 5.51. The van der Waals surface area contributed by atoms with E-state index in [1.54, 1.807) is 13.8 Å². The Hall–Kier alpha value is -2.08. The van der Waals surface area contributed by atoms with E-state index in [-0.39, 0.29) is 29.8 Å². The summed E-state index contributed by atoms with van der Waals surface area (Å²) in [5.41, 5.74) is 0.878. The molecule has 0 N–H and O–H groups in total. The summed E-state index contributed by atoms with van der Waals surface area (Å²) in [6, 6.07) is 1.68. The molecule has 0 aromatic heterocycles. The summed E-state index contributed by atoms with van der Waals surface area (Å²) >= 11 is 6.14. The second-order valence-corrected chi connectivity index (χ2v) is 7.20. The smallest absolute Gasteiger partial charge is 0.225 e. The van der Waals surface area contributed by atoms with Crippen LogP contribution in [0.3, 0.4) is 0 Å². The number of hydrogen-bond donors (Lipinski definition) is 0. The van der Waals surface area contributed by atoms with Gasteiger partial charge in [0, 0.05) is 6.07 Å². The first-order chi connectivity index (χ1) is 12.4. The zero-order chi connectivity index (χ0) is 18.8. The Morgan fingerprint density at radius 3 is 2.65 bits per heavy atom. The van der Waals surface area contributed by atoms with Gasteiger partial charge in [-0.1, -0.05) is 11.6 Å². The fraction of sp³-hybridized carbons (Fsp3) is 0.474. The molecular weight excluding hydrogens is 361 g/mol. The van der Waals surface area contributed by atoms with Gasteiger partial charge in [0.1, 0.15) is 17.3 Å². The van der Waals surface area contributed by atoms with Crippen LogP contribution in [0.15, 0.2) is 23.5 Å². The maximum atomic E-state index is 14.6. The largest absolute Gasteiger partial charge is 0.489 e. The molecule has 7 heteroatoms. The van der Waals surface area contributed by atoms with E-state index in [4.69, 9.17) is 21.1 Å². The molecule has 0 radical (unpaired) electrons. The molecule has 1 aromatic rings. The van der Waals surface area contributed by atoms with Crippen molar-refractivity contribution in [2.24, 2.45) is 0 Å². The van der Waals surface area contributed by atoms with Crippen LogP contribution in [0.25, 0.3) is 0 Å². The van der Waals surface area contributed by atoms with Crippen molar-refractivity contribution in [3.8, 4) is 5.75 Å². The number of benzene rings is 1. The number of carbonyl (C=O) groups excluding carboxylic acids is 2. The van der Waals surface area contributed by atoms with Gasteiger partial charge < -0.3 is 14.4 Å². The first-order valence-corrected chi connectivity index (χ1v) is 9.01. The van der Waals surface area contributed by atoms with Gasteiger partial charge in [0.25, 0.3) is 0 Å². The second kappa shape index (κ2) is 7.66. The van der Waals surface area contributed by atoms with E-state index in [0.717, 1.165) is 31.3 Å². The number of ketones is 1. The predicted octanol–water partition coefficient (Wildman–Crippen LogP) is 4.03. The van der Waals surface area contributed by atoms with Gasteiger partial charge in [-0.05, 0) is 51.2 Å². The van der Waals surface area contributed by atoms with E-state index in [0.29, 0.717) is 11.5 Å². The number of halogens is 2. The molecule has 3 rings (SSSR count). The lowest BCUT2D eigenvalue weighted by Crippen LogP contribution is -2.38. The molecule has 1 aliphatic carbocycles. The number of Topliss-reactive ketones (excluding diaryl/α,β-unsaturated/α-hetero) is 1. The molecule has 0 bridgehead atoms. The first-order valence-electron chi connectivity index (χ1n) is 8.64. The number of carbonyl (C=O) groups is 2. The molecule has 26 heavy (non-hydrogen) atoms. The minimum Gasteiger partial charge on any atom is -0.489 e. The zero-order valence-electron chi connectivity index (χ0n) is 14.8. The van der Waals surface area contributed by atoms with E-state index in [9.17, 15) is 14.0 Å². The number of ether oxygens (including phenoxy) is 2. The van der Waals surface area contributed by atoms with Crippen molar-refractivity contribution in [3.63, 3.8) is 0 Å². The minimum absolute atomic E-state index is 0.0355. The van der Waals surface area contributed by atoms with Crippen LogP contribution >= 0.6 is 11.6 Å². The fourth-order valence-electron chi connectivity index (χ4n) is 3.42.